The highest BCUT2D eigenvalue weighted by molar-refractivity contribution is 6.30. The smallest absolute Gasteiger partial charge is 0.242 e. The topological polar surface area (TPSA) is 55.6 Å². The highest BCUT2D eigenvalue weighted by atomic mass is 35.5. The van der Waals surface area contributed by atoms with E-state index >= 15 is 0 Å². The van der Waals surface area contributed by atoms with Crippen LogP contribution in [0.5, 0.6) is 0 Å². The Hall–Kier alpha value is -1.88. The molecule has 1 heterocycles. The minimum Gasteiger partial charge on any atom is -0.383 e. The first-order valence-corrected chi connectivity index (χ1v) is 8.35. The lowest BCUT2D eigenvalue weighted by Crippen LogP contribution is -2.49. The lowest BCUT2D eigenvalue weighted by atomic mass is 9.89. The van der Waals surface area contributed by atoms with Gasteiger partial charge in [-0.1, -0.05) is 48.0 Å². The number of nitrogens with two attached hydrogens (primary N) is 1. The molecule has 0 aromatic heterocycles. The summed E-state index contributed by atoms with van der Waals surface area (Å²) in [6.45, 7) is 0.713. The highest BCUT2D eigenvalue weighted by Crippen LogP contribution is 2.34. The number of ether oxygens (including phenoxy) is 1. The van der Waals surface area contributed by atoms with Crippen molar-refractivity contribution >= 4 is 17.5 Å². The Labute approximate surface area is 147 Å². The van der Waals surface area contributed by atoms with E-state index in [0.29, 0.717) is 11.6 Å². The van der Waals surface area contributed by atoms with Crippen LogP contribution in [0.3, 0.4) is 0 Å². The van der Waals surface area contributed by atoms with Crippen LogP contribution in [0.4, 0.5) is 0 Å². The molecule has 2 atom stereocenters. The number of hydrogen-bond acceptors (Lipinski definition) is 3. The van der Waals surface area contributed by atoms with Gasteiger partial charge in [0.1, 0.15) is 6.04 Å². The van der Waals surface area contributed by atoms with Crippen molar-refractivity contribution < 1.29 is 9.53 Å². The number of benzene rings is 2. The SMILES string of the molecule is COCC(N)C(=O)N1Cc2cc(Cl)ccc2CC1c1ccccc1. The van der Waals surface area contributed by atoms with Crippen molar-refractivity contribution in [3.8, 4) is 0 Å². The summed E-state index contributed by atoms with van der Waals surface area (Å²) in [5.41, 5.74) is 9.41. The van der Waals surface area contributed by atoms with Crippen molar-refractivity contribution in [1.29, 1.82) is 0 Å². The molecule has 0 aliphatic carbocycles. The Bertz CT molecular complexity index is 721. The van der Waals surface area contributed by atoms with Crippen molar-refractivity contribution in [1.82, 2.24) is 4.90 Å². The molecular weight excluding hydrogens is 324 g/mol. The van der Waals surface area contributed by atoms with Gasteiger partial charge in [-0.25, -0.2) is 0 Å². The summed E-state index contributed by atoms with van der Waals surface area (Å²) in [6, 6.07) is 15.2. The number of carbonyl (C=O) groups is 1. The van der Waals surface area contributed by atoms with Crippen molar-refractivity contribution in [2.75, 3.05) is 13.7 Å². The first kappa shape index (κ1) is 17.0. The molecular formula is C19H21ClN2O2. The molecule has 1 aliphatic rings. The van der Waals surface area contributed by atoms with Gasteiger partial charge < -0.3 is 15.4 Å². The zero-order valence-corrected chi connectivity index (χ0v) is 14.4. The van der Waals surface area contributed by atoms with E-state index in [1.54, 1.807) is 7.11 Å². The van der Waals surface area contributed by atoms with Crippen LogP contribution in [0, 0.1) is 0 Å². The molecule has 1 amide bonds. The number of hydrogen-bond donors (Lipinski definition) is 1. The summed E-state index contributed by atoms with van der Waals surface area (Å²) < 4.78 is 5.05. The number of nitrogens with zero attached hydrogens (tertiary/aromatic N) is 1. The lowest BCUT2D eigenvalue weighted by molar-refractivity contribution is -0.137. The molecule has 4 nitrogen and oxygen atoms in total. The van der Waals surface area contributed by atoms with E-state index < -0.39 is 6.04 Å². The van der Waals surface area contributed by atoms with Gasteiger partial charge in [0.2, 0.25) is 5.91 Å². The molecule has 0 radical (unpaired) electrons. The minimum absolute atomic E-state index is 0.0321. The van der Waals surface area contributed by atoms with Crippen molar-refractivity contribution in [3.63, 3.8) is 0 Å². The number of carbonyl (C=O) groups excluding carboxylic acids is 1. The number of amides is 1. The van der Waals surface area contributed by atoms with Crippen LogP contribution in [-0.4, -0.2) is 30.6 Å². The average Bonchev–Trinajstić information content (AvgIpc) is 2.61. The third-order valence-corrected chi connectivity index (χ3v) is 4.66. The summed E-state index contributed by atoms with van der Waals surface area (Å²) in [5.74, 6) is -0.101. The van der Waals surface area contributed by atoms with E-state index in [-0.39, 0.29) is 18.6 Å². The van der Waals surface area contributed by atoms with Crippen LogP contribution in [-0.2, 0) is 22.5 Å². The van der Waals surface area contributed by atoms with Crippen LogP contribution >= 0.6 is 11.6 Å². The van der Waals surface area contributed by atoms with E-state index in [9.17, 15) is 4.79 Å². The van der Waals surface area contributed by atoms with E-state index in [0.717, 1.165) is 17.5 Å². The second-order valence-electron chi connectivity index (χ2n) is 6.07. The largest absolute Gasteiger partial charge is 0.383 e. The number of halogens is 1. The Balaban J connectivity index is 1.97. The van der Waals surface area contributed by atoms with Gasteiger partial charge >= 0.3 is 0 Å². The minimum atomic E-state index is -0.665. The van der Waals surface area contributed by atoms with Gasteiger partial charge in [-0.2, -0.15) is 0 Å². The molecule has 0 fully saturated rings. The molecule has 0 bridgehead atoms. The molecule has 2 aromatic rings. The lowest BCUT2D eigenvalue weighted by Gasteiger charge is -2.38. The third kappa shape index (κ3) is 3.46. The van der Waals surface area contributed by atoms with Crippen molar-refractivity contribution in [3.05, 3.63) is 70.2 Å². The molecule has 5 heteroatoms. The van der Waals surface area contributed by atoms with Crippen LogP contribution < -0.4 is 5.73 Å². The quantitative estimate of drug-likeness (QED) is 0.927. The fourth-order valence-electron chi connectivity index (χ4n) is 3.22. The number of methoxy groups -OCH3 is 1. The molecule has 2 aromatic carbocycles. The Morgan fingerprint density at radius 3 is 2.75 bits per heavy atom. The first-order valence-electron chi connectivity index (χ1n) is 7.97. The molecule has 2 unspecified atom stereocenters. The monoisotopic (exact) mass is 344 g/mol. The van der Waals surface area contributed by atoms with Gasteiger partial charge in [-0.05, 0) is 35.2 Å². The molecule has 3 rings (SSSR count). The number of fused-ring (bicyclic) bond motifs is 1. The van der Waals surface area contributed by atoms with Gasteiger partial charge in [-0.15, -0.1) is 0 Å². The van der Waals surface area contributed by atoms with Crippen molar-refractivity contribution in [2.24, 2.45) is 5.73 Å². The fourth-order valence-corrected chi connectivity index (χ4v) is 3.42. The van der Waals surface area contributed by atoms with Crippen LogP contribution in [0.15, 0.2) is 48.5 Å². The normalized spacial score (nSPS) is 18.1. The van der Waals surface area contributed by atoms with Crippen LogP contribution in [0.25, 0.3) is 0 Å². The average molecular weight is 345 g/mol. The summed E-state index contributed by atoms with van der Waals surface area (Å²) in [6.07, 6.45) is 0.752. The molecule has 24 heavy (non-hydrogen) atoms. The maximum absolute atomic E-state index is 12.9. The maximum Gasteiger partial charge on any atom is 0.242 e. The van der Waals surface area contributed by atoms with Gasteiger partial charge in [0.15, 0.2) is 0 Å². The van der Waals surface area contributed by atoms with Crippen LogP contribution in [0.1, 0.15) is 22.7 Å². The van der Waals surface area contributed by atoms with E-state index in [4.69, 9.17) is 22.1 Å². The van der Waals surface area contributed by atoms with Crippen LogP contribution in [0.2, 0.25) is 5.02 Å². The van der Waals surface area contributed by atoms with Gasteiger partial charge in [0.05, 0.1) is 12.6 Å². The number of rotatable bonds is 4. The van der Waals surface area contributed by atoms with Gasteiger partial charge in [-0.3, -0.25) is 4.79 Å². The molecule has 0 spiro atoms. The summed E-state index contributed by atoms with van der Waals surface area (Å²) in [4.78, 5) is 14.7. The Morgan fingerprint density at radius 2 is 2.04 bits per heavy atom. The highest BCUT2D eigenvalue weighted by Gasteiger charge is 2.33. The van der Waals surface area contributed by atoms with Gasteiger partial charge in [0, 0.05) is 18.7 Å². The predicted octanol–water partition coefficient (Wildman–Crippen LogP) is 2.94. The zero-order chi connectivity index (χ0) is 17.1. The third-order valence-electron chi connectivity index (χ3n) is 4.43. The predicted molar refractivity (Wildman–Crippen MR) is 94.7 cm³/mol. The zero-order valence-electron chi connectivity index (χ0n) is 13.6. The molecule has 0 saturated carbocycles. The van der Waals surface area contributed by atoms with E-state index in [1.807, 2.05) is 53.4 Å². The van der Waals surface area contributed by atoms with E-state index in [1.165, 1.54) is 5.56 Å². The first-order chi connectivity index (χ1) is 11.6. The second kappa shape index (κ2) is 7.34. The Kier molecular flexibility index (Phi) is 5.19. The summed E-state index contributed by atoms with van der Waals surface area (Å²) >= 11 is 6.12. The Morgan fingerprint density at radius 1 is 1.29 bits per heavy atom. The fraction of sp³-hybridized carbons (Fsp3) is 0.316. The molecule has 126 valence electrons. The van der Waals surface area contributed by atoms with Crippen molar-refractivity contribution in [2.45, 2.75) is 25.0 Å². The molecule has 1 aliphatic heterocycles. The second-order valence-corrected chi connectivity index (χ2v) is 6.51. The maximum atomic E-state index is 12.9. The summed E-state index contributed by atoms with van der Waals surface area (Å²) in [5, 5.41) is 0.681. The molecule has 0 saturated heterocycles. The van der Waals surface area contributed by atoms with E-state index in [2.05, 4.69) is 0 Å². The molecule has 2 N–H and O–H groups in total. The summed E-state index contributed by atoms with van der Waals surface area (Å²) in [7, 11) is 1.55. The van der Waals surface area contributed by atoms with Gasteiger partial charge in [0.25, 0.3) is 0 Å². The standard InChI is InChI=1S/C19H21ClN2O2/c1-24-12-17(21)19(23)22-11-15-9-16(20)8-7-14(15)10-18(22)13-5-3-2-4-6-13/h2-9,17-18H,10-12,21H2,1H3.